The highest BCUT2D eigenvalue weighted by Gasteiger charge is 2.26. The van der Waals surface area contributed by atoms with Gasteiger partial charge in [0, 0.05) is 18.3 Å². The van der Waals surface area contributed by atoms with Gasteiger partial charge in [0.2, 0.25) is 5.75 Å². The summed E-state index contributed by atoms with van der Waals surface area (Å²) in [5.74, 6) is -2.14. The van der Waals surface area contributed by atoms with Crippen LogP contribution in [-0.2, 0) is 4.79 Å². The third kappa shape index (κ3) is 2.59. The molecule has 3 rings (SSSR count). The number of phenols is 4. The molecule has 0 saturated carbocycles. The number of aromatic hydroxyl groups is 4. The maximum Gasteiger partial charge on any atom is 0.256 e. The molecule has 0 fully saturated rings. The summed E-state index contributed by atoms with van der Waals surface area (Å²) >= 11 is 0. The van der Waals surface area contributed by atoms with Gasteiger partial charge in [0.05, 0.1) is 16.8 Å². The lowest BCUT2D eigenvalue weighted by Crippen LogP contribution is -2.19. The molecule has 1 amide bonds. The zero-order valence-electron chi connectivity index (χ0n) is 11.9. The molecule has 23 heavy (non-hydrogen) atoms. The Kier molecular flexibility index (Phi) is 3.46. The Labute approximate surface area is 131 Å². The number of carbonyl (C=O) groups excluding carboxylic acids is 1. The first kappa shape index (κ1) is 14.6. The number of fused-ring (bicyclic) bond motifs is 1. The van der Waals surface area contributed by atoms with Crippen LogP contribution in [0.25, 0.3) is 5.57 Å². The van der Waals surface area contributed by atoms with Crippen LogP contribution < -0.4 is 10.6 Å². The average Bonchev–Trinajstić information content (AvgIpc) is 2.54. The Morgan fingerprint density at radius 1 is 1.04 bits per heavy atom. The van der Waals surface area contributed by atoms with Crippen LogP contribution in [0.5, 0.6) is 23.0 Å². The molecular formula is C16H14N2O5. The van der Waals surface area contributed by atoms with Crippen LogP contribution in [0, 0.1) is 0 Å². The lowest BCUT2D eigenvalue weighted by Gasteiger charge is -2.21. The van der Waals surface area contributed by atoms with E-state index in [0.29, 0.717) is 17.9 Å². The van der Waals surface area contributed by atoms with Gasteiger partial charge in [-0.3, -0.25) is 4.79 Å². The van der Waals surface area contributed by atoms with Crippen LogP contribution >= 0.6 is 0 Å². The molecule has 1 aliphatic rings. The van der Waals surface area contributed by atoms with Crippen molar-refractivity contribution in [2.24, 2.45) is 0 Å². The molecule has 118 valence electrons. The molecule has 6 N–H and O–H groups in total. The van der Waals surface area contributed by atoms with E-state index in [2.05, 4.69) is 10.6 Å². The maximum atomic E-state index is 12.4. The number of carbonyl (C=O) groups is 1. The number of rotatable bonds is 2. The molecule has 0 aliphatic carbocycles. The van der Waals surface area contributed by atoms with Crippen LogP contribution in [-0.4, -0.2) is 32.9 Å². The van der Waals surface area contributed by atoms with Crippen molar-refractivity contribution in [1.82, 2.24) is 0 Å². The predicted octanol–water partition coefficient (Wildman–Crippen LogP) is 1.96. The normalized spacial score (nSPS) is 12.8. The highest BCUT2D eigenvalue weighted by atomic mass is 16.3. The quantitative estimate of drug-likeness (QED) is 0.372. The standard InChI is InChI=1S/C16H14N2O5/c19-9-3-1-8(2-4-9)18-16(23)10-5-6-17-11-7-12(20)14(21)15(22)13(10)11/h1-5,7,17,19-22H,6H2,(H,18,23). The van der Waals surface area contributed by atoms with E-state index in [0.717, 1.165) is 0 Å². The van der Waals surface area contributed by atoms with Crippen molar-refractivity contribution >= 4 is 22.9 Å². The number of hydrogen-bond donors (Lipinski definition) is 6. The van der Waals surface area contributed by atoms with Gasteiger partial charge in [0.1, 0.15) is 5.75 Å². The number of benzene rings is 2. The molecule has 0 radical (unpaired) electrons. The summed E-state index contributed by atoms with van der Waals surface area (Å²) in [7, 11) is 0. The minimum atomic E-state index is -0.684. The lowest BCUT2D eigenvalue weighted by atomic mass is 9.97. The van der Waals surface area contributed by atoms with Crippen molar-refractivity contribution in [3.05, 3.63) is 42.0 Å². The zero-order chi connectivity index (χ0) is 16.6. The smallest absolute Gasteiger partial charge is 0.256 e. The zero-order valence-corrected chi connectivity index (χ0v) is 11.9. The van der Waals surface area contributed by atoms with Crippen molar-refractivity contribution in [1.29, 1.82) is 0 Å². The summed E-state index contributed by atoms with van der Waals surface area (Å²) in [4.78, 5) is 12.4. The Morgan fingerprint density at radius 3 is 2.43 bits per heavy atom. The van der Waals surface area contributed by atoms with Gasteiger partial charge in [-0.25, -0.2) is 0 Å². The fourth-order valence-corrected chi connectivity index (χ4v) is 2.37. The molecule has 2 aromatic rings. The van der Waals surface area contributed by atoms with Crippen LogP contribution in [0.2, 0.25) is 0 Å². The third-order valence-corrected chi connectivity index (χ3v) is 3.49. The first-order valence-corrected chi connectivity index (χ1v) is 6.80. The molecular weight excluding hydrogens is 300 g/mol. The lowest BCUT2D eigenvalue weighted by molar-refractivity contribution is -0.111. The summed E-state index contributed by atoms with van der Waals surface area (Å²) in [6.45, 7) is 0.328. The van der Waals surface area contributed by atoms with E-state index in [1.807, 2.05) is 0 Å². The molecule has 1 aliphatic heterocycles. The van der Waals surface area contributed by atoms with Crippen molar-refractivity contribution in [3.8, 4) is 23.0 Å². The number of nitrogens with one attached hydrogen (secondary N) is 2. The van der Waals surface area contributed by atoms with Gasteiger partial charge in [-0.05, 0) is 24.3 Å². The number of phenolic OH excluding ortho intramolecular Hbond substituents is 4. The summed E-state index contributed by atoms with van der Waals surface area (Å²) < 4.78 is 0. The first-order chi connectivity index (χ1) is 11.0. The number of anilines is 2. The van der Waals surface area contributed by atoms with Gasteiger partial charge < -0.3 is 31.1 Å². The molecule has 0 bridgehead atoms. The van der Waals surface area contributed by atoms with Crippen molar-refractivity contribution in [2.45, 2.75) is 0 Å². The van der Waals surface area contributed by atoms with E-state index in [1.54, 1.807) is 6.08 Å². The Hall–Kier alpha value is -3.35. The highest BCUT2D eigenvalue weighted by Crippen LogP contribution is 2.46. The van der Waals surface area contributed by atoms with Crippen molar-refractivity contribution in [3.63, 3.8) is 0 Å². The topological polar surface area (TPSA) is 122 Å². The van der Waals surface area contributed by atoms with Crippen LogP contribution in [0.3, 0.4) is 0 Å². The molecule has 0 unspecified atom stereocenters. The van der Waals surface area contributed by atoms with Gasteiger partial charge in [0.25, 0.3) is 5.91 Å². The Bertz CT molecular complexity index is 812. The number of hydrogen-bond acceptors (Lipinski definition) is 6. The minimum Gasteiger partial charge on any atom is -0.508 e. The first-order valence-electron chi connectivity index (χ1n) is 6.80. The third-order valence-electron chi connectivity index (χ3n) is 3.49. The van der Waals surface area contributed by atoms with Crippen molar-refractivity contribution < 1.29 is 25.2 Å². The van der Waals surface area contributed by atoms with Crippen LogP contribution in [0.1, 0.15) is 5.56 Å². The van der Waals surface area contributed by atoms with E-state index in [9.17, 15) is 25.2 Å². The Balaban J connectivity index is 1.95. The number of amides is 1. The molecule has 1 heterocycles. The van der Waals surface area contributed by atoms with Gasteiger partial charge in [-0.2, -0.15) is 0 Å². The molecule has 7 nitrogen and oxygen atoms in total. The van der Waals surface area contributed by atoms with Gasteiger partial charge in [-0.15, -0.1) is 0 Å². The molecule has 0 aromatic heterocycles. The summed E-state index contributed by atoms with van der Waals surface area (Å²) in [6.07, 6.45) is 1.56. The fraction of sp³-hybridized carbons (Fsp3) is 0.0625. The van der Waals surface area contributed by atoms with Crippen molar-refractivity contribution in [2.75, 3.05) is 17.2 Å². The van der Waals surface area contributed by atoms with Gasteiger partial charge in [0.15, 0.2) is 11.5 Å². The maximum absolute atomic E-state index is 12.4. The highest BCUT2D eigenvalue weighted by molar-refractivity contribution is 6.27. The fourth-order valence-electron chi connectivity index (χ4n) is 2.37. The largest absolute Gasteiger partial charge is 0.508 e. The van der Waals surface area contributed by atoms with Gasteiger partial charge in [-0.1, -0.05) is 6.08 Å². The van der Waals surface area contributed by atoms with Gasteiger partial charge >= 0.3 is 0 Å². The Morgan fingerprint density at radius 2 is 1.74 bits per heavy atom. The van der Waals surface area contributed by atoms with E-state index in [1.165, 1.54) is 30.3 Å². The minimum absolute atomic E-state index is 0.0764. The SMILES string of the molecule is O=C(Nc1ccc(O)cc1)C1=CCNc2cc(O)c(O)c(O)c21. The molecule has 0 spiro atoms. The summed E-state index contributed by atoms with van der Waals surface area (Å²) in [6, 6.07) is 7.17. The molecule has 0 saturated heterocycles. The molecule has 2 aromatic carbocycles. The predicted molar refractivity (Wildman–Crippen MR) is 84.6 cm³/mol. The van der Waals surface area contributed by atoms with E-state index < -0.39 is 23.2 Å². The molecule has 0 atom stereocenters. The van der Waals surface area contributed by atoms with E-state index in [-0.39, 0.29) is 16.9 Å². The monoisotopic (exact) mass is 314 g/mol. The summed E-state index contributed by atoms with van der Waals surface area (Å²) in [5.41, 5.74) is 1.09. The van der Waals surface area contributed by atoms with E-state index >= 15 is 0 Å². The average molecular weight is 314 g/mol. The van der Waals surface area contributed by atoms with E-state index in [4.69, 9.17) is 0 Å². The molecule has 7 heteroatoms. The van der Waals surface area contributed by atoms with Crippen LogP contribution in [0.4, 0.5) is 11.4 Å². The summed E-state index contributed by atoms with van der Waals surface area (Å²) in [5, 5.41) is 44.1. The second-order valence-electron chi connectivity index (χ2n) is 5.02. The second kappa shape index (κ2) is 5.45. The second-order valence-corrected chi connectivity index (χ2v) is 5.02. The van der Waals surface area contributed by atoms with Crippen LogP contribution in [0.15, 0.2) is 36.4 Å².